The van der Waals surface area contributed by atoms with Crippen molar-refractivity contribution in [2.24, 2.45) is 0 Å². The molecule has 0 unspecified atom stereocenters. The minimum Gasteiger partial charge on any atom is -0.282 e. The molecule has 3 nitrogen and oxygen atoms in total. The number of hydrogen-bond acceptors (Lipinski definition) is 2. The molecule has 0 atom stereocenters. The van der Waals surface area contributed by atoms with Gasteiger partial charge >= 0.3 is 0 Å². The molecule has 0 aliphatic carbocycles. The van der Waals surface area contributed by atoms with Gasteiger partial charge in [0, 0.05) is 0 Å². The lowest BCUT2D eigenvalue weighted by atomic mass is 9.92. The van der Waals surface area contributed by atoms with Gasteiger partial charge < -0.3 is 0 Å². The molecule has 0 saturated heterocycles. The molecular formula is C40H68O3S. The van der Waals surface area contributed by atoms with Crippen LogP contribution < -0.4 is 0 Å². The topological polar surface area (TPSA) is 54.4 Å². The van der Waals surface area contributed by atoms with Gasteiger partial charge in [-0.05, 0) is 53.6 Å². The second-order valence-electron chi connectivity index (χ2n) is 13.5. The van der Waals surface area contributed by atoms with Gasteiger partial charge in [0.1, 0.15) is 0 Å². The zero-order valence-electron chi connectivity index (χ0n) is 28.9. The van der Waals surface area contributed by atoms with Crippen LogP contribution in [0.25, 0.3) is 10.8 Å². The number of fused-ring (bicyclic) bond motifs is 1. The van der Waals surface area contributed by atoms with Crippen molar-refractivity contribution in [3.8, 4) is 0 Å². The predicted octanol–water partition coefficient (Wildman–Crippen LogP) is 13.4. The summed E-state index contributed by atoms with van der Waals surface area (Å²) >= 11 is 0. The third-order valence-electron chi connectivity index (χ3n) is 9.55. The Bertz CT molecular complexity index is 1090. The molecule has 0 aromatic heterocycles. The summed E-state index contributed by atoms with van der Waals surface area (Å²) < 4.78 is 34.9. The Hall–Kier alpha value is -1.39. The fourth-order valence-electron chi connectivity index (χ4n) is 6.87. The van der Waals surface area contributed by atoms with Gasteiger partial charge in [-0.25, -0.2) is 0 Å². The Morgan fingerprint density at radius 3 is 1.27 bits per heavy atom. The van der Waals surface area contributed by atoms with E-state index in [1.54, 1.807) is 6.07 Å². The van der Waals surface area contributed by atoms with Crippen molar-refractivity contribution in [1.29, 1.82) is 0 Å². The first-order valence-corrected chi connectivity index (χ1v) is 20.4. The Kier molecular flexibility index (Phi) is 21.9. The van der Waals surface area contributed by atoms with Gasteiger partial charge in [-0.2, -0.15) is 8.42 Å². The van der Waals surface area contributed by atoms with Crippen LogP contribution in [0.2, 0.25) is 0 Å². The quantitative estimate of drug-likeness (QED) is 0.0720. The lowest BCUT2D eigenvalue weighted by Crippen LogP contribution is -2.05. The van der Waals surface area contributed by atoms with Crippen LogP contribution in [0.15, 0.2) is 35.2 Å². The summed E-state index contributed by atoms with van der Waals surface area (Å²) in [4.78, 5) is 0.113. The van der Waals surface area contributed by atoms with Gasteiger partial charge in [0.05, 0.1) is 4.90 Å². The van der Waals surface area contributed by atoms with E-state index in [9.17, 15) is 13.0 Å². The summed E-state index contributed by atoms with van der Waals surface area (Å²) in [7, 11) is -4.26. The van der Waals surface area contributed by atoms with Gasteiger partial charge in [0.2, 0.25) is 0 Å². The molecule has 0 radical (unpaired) electrons. The average molecular weight is 629 g/mol. The summed E-state index contributed by atoms with van der Waals surface area (Å²) in [6.45, 7) is 4.55. The molecule has 2 rings (SSSR count). The van der Waals surface area contributed by atoms with E-state index in [0.717, 1.165) is 42.0 Å². The second kappa shape index (κ2) is 24.8. The number of aryl methyl sites for hydroxylation is 2. The van der Waals surface area contributed by atoms with E-state index in [-0.39, 0.29) is 4.90 Å². The average Bonchev–Trinajstić information content (AvgIpc) is 3.01. The molecule has 0 saturated carbocycles. The van der Waals surface area contributed by atoms with Crippen LogP contribution in [-0.2, 0) is 23.0 Å². The lowest BCUT2D eigenvalue weighted by molar-refractivity contribution is 0.482. The fourth-order valence-corrected chi connectivity index (χ4v) is 7.62. The Morgan fingerprint density at radius 2 is 0.864 bits per heavy atom. The van der Waals surface area contributed by atoms with E-state index >= 15 is 0 Å². The molecule has 2 aromatic carbocycles. The van der Waals surface area contributed by atoms with Crippen LogP contribution in [-0.4, -0.2) is 13.0 Å². The maximum atomic E-state index is 12.4. The van der Waals surface area contributed by atoms with E-state index in [0.29, 0.717) is 6.42 Å². The predicted molar refractivity (Wildman–Crippen MR) is 193 cm³/mol. The number of hydrogen-bond donors (Lipinski definition) is 1. The van der Waals surface area contributed by atoms with Crippen molar-refractivity contribution in [2.45, 2.75) is 199 Å². The van der Waals surface area contributed by atoms with Crippen LogP contribution in [0.1, 0.15) is 192 Å². The molecule has 0 fully saturated rings. The van der Waals surface area contributed by atoms with E-state index in [1.807, 2.05) is 6.07 Å². The molecule has 44 heavy (non-hydrogen) atoms. The van der Waals surface area contributed by atoms with Gasteiger partial charge in [0.25, 0.3) is 10.1 Å². The Labute approximate surface area is 273 Å². The monoisotopic (exact) mass is 628 g/mol. The van der Waals surface area contributed by atoms with Crippen molar-refractivity contribution in [3.05, 3.63) is 41.5 Å². The molecule has 1 N–H and O–H groups in total. The van der Waals surface area contributed by atoms with Crippen molar-refractivity contribution in [3.63, 3.8) is 0 Å². The first-order valence-electron chi connectivity index (χ1n) is 19.0. The first kappa shape index (κ1) is 38.8. The van der Waals surface area contributed by atoms with Crippen LogP contribution in [0.5, 0.6) is 0 Å². The van der Waals surface area contributed by atoms with Gasteiger partial charge in [-0.15, -0.1) is 0 Å². The second-order valence-corrected chi connectivity index (χ2v) is 14.9. The molecule has 2 aromatic rings. The molecule has 4 heteroatoms. The van der Waals surface area contributed by atoms with Gasteiger partial charge in [-0.3, -0.25) is 4.55 Å². The molecule has 0 aliphatic heterocycles. The van der Waals surface area contributed by atoms with Crippen molar-refractivity contribution in [2.75, 3.05) is 0 Å². The molecule has 0 aliphatic rings. The van der Waals surface area contributed by atoms with Crippen LogP contribution in [0.3, 0.4) is 0 Å². The molecule has 0 bridgehead atoms. The summed E-state index contributed by atoms with van der Waals surface area (Å²) in [5.41, 5.74) is 2.07. The molecular weight excluding hydrogens is 561 g/mol. The highest BCUT2D eigenvalue weighted by Crippen LogP contribution is 2.31. The number of benzene rings is 2. The van der Waals surface area contributed by atoms with E-state index in [4.69, 9.17) is 0 Å². The van der Waals surface area contributed by atoms with E-state index in [1.165, 1.54) is 153 Å². The van der Waals surface area contributed by atoms with Gasteiger partial charge in [-0.1, -0.05) is 192 Å². The maximum absolute atomic E-state index is 12.4. The van der Waals surface area contributed by atoms with E-state index in [2.05, 4.69) is 32.0 Å². The number of rotatable bonds is 29. The molecule has 0 heterocycles. The summed E-state index contributed by atoms with van der Waals surface area (Å²) in [6.07, 6.45) is 35.9. The normalized spacial score (nSPS) is 12.0. The zero-order valence-corrected chi connectivity index (χ0v) is 29.7. The standard InChI is InChI=1S/C40H68O3S/c1-3-5-7-9-11-13-15-17-19-21-23-25-27-30-36-31-29-32-37-34-35-39(44(41,42)43)38(40(36)37)33-28-26-24-22-20-18-16-14-12-10-8-6-4-2/h29,31-32,34-35H,3-28,30,33H2,1-2H3,(H,41,42,43). The van der Waals surface area contributed by atoms with Crippen LogP contribution in [0.4, 0.5) is 0 Å². The lowest BCUT2D eigenvalue weighted by Gasteiger charge is -2.15. The SMILES string of the molecule is CCCCCCCCCCCCCCCc1cccc2ccc(S(=O)(=O)O)c(CCCCCCCCCCCCCCC)c12. The highest BCUT2D eigenvalue weighted by atomic mass is 32.2. The highest BCUT2D eigenvalue weighted by molar-refractivity contribution is 7.85. The molecule has 0 amide bonds. The van der Waals surface area contributed by atoms with Crippen molar-refractivity contribution >= 4 is 20.9 Å². The molecule has 0 spiro atoms. The minimum absolute atomic E-state index is 0.113. The van der Waals surface area contributed by atoms with Crippen molar-refractivity contribution < 1.29 is 13.0 Å². The van der Waals surface area contributed by atoms with Crippen LogP contribution >= 0.6 is 0 Å². The fraction of sp³-hybridized carbons (Fsp3) is 0.750. The summed E-state index contributed by atoms with van der Waals surface area (Å²) in [5.74, 6) is 0. The van der Waals surface area contributed by atoms with Crippen molar-refractivity contribution in [1.82, 2.24) is 0 Å². The minimum atomic E-state index is -4.26. The highest BCUT2D eigenvalue weighted by Gasteiger charge is 2.19. The van der Waals surface area contributed by atoms with Crippen LogP contribution in [0, 0.1) is 0 Å². The zero-order chi connectivity index (χ0) is 31.7. The third-order valence-corrected chi connectivity index (χ3v) is 10.5. The Balaban J connectivity index is 1.77. The van der Waals surface area contributed by atoms with Gasteiger partial charge in [0.15, 0.2) is 0 Å². The maximum Gasteiger partial charge on any atom is 0.294 e. The Morgan fingerprint density at radius 1 is 0.477 bits per heavy atom. The largest absolute Gasteiger partial charge is 0.294 e. The number of unbranched alkanes of at least 4 members (excludes halogenated alkanes) is 24. The first-order chi connectivity index (χ1) is 21.5. The smallest absolute Gasteiger partial charge is 0.282 e. The summed E-state index contributed by atoms with van der Waals surface area (Å²) in [6, 6.07) is 9.85. The third kappa shape index (κ3) is 16.8. The molecule has 252 valence electrons. The summed E-state index contributed by atoms with van der Waals surface area (Å²) in [5, 5.41) is 2.16. The van der Waals surface area contributed by atoms with E-state index < -0.39 is 10.1 Å².